The largest absolute Gasteiger partial charge is 0.367 e. The van der Waals surface area contributed by atoms with E-state index in [-0.39, 0.29) is 0 Å². The summed E-state index contributed by atoms with van der Waals surface area (Å²) in [5.41, 5.74) is 4.43. The van der Waals surface area contributed by atoms with Crippen molar-refractivity contribution in [2.75, 3.05) is 23.3 Å². The van der Waals surface area contributed by atoms with Gasteiger partial charge in [-0.1, -0.05) is 13.8 Å². The van der Waals surface area contributed by atoms with Crippen molar-refractivity contribution in [1.82, 2.24) is 24.7 Å². The van der Waals surface area contributed by atoms with E-state index in [9.17, 15) is 0 Å². The molecular weight excluding hydrogens is 386 g/mol. The van der Waals surface area contributed by atoms with Crippen LogP contribution in [0.4, 0.5) is 17.5 Å². The Morgan fingerprint density at radius 3 is 2.45 bits per heavy atom. The van der Waals surface area contributed by atoms with Crippen LogP contribution in [-0.4, -0.2) is 44.5 Å². The molecule has 4 aromatic rings. The average Bonchev–Trinajstić information content (AvgIpc) is 3.19. The summed E-state index contributed by atoms with van der Waals surface area (Å²) in [6.45, 7) is 10.8. The Morgan fingerprint density at radius 2 is 1.74 bits per heavy atom. The van der Waals surface area contributed by atoms with Crippen molar-refractivity contribution in [3.8, 4) is 0 Å². The van der Waals surface area contributed by atoms with Gasteiger partial charge in [0.05, 0.1) is 11.9 Å². The second-order valence-electron chi connectivity index (χ2n) is 8.88. The smallest absolute Gasteiger partial charge is 0.230 e. The van der Waals surface area contributed by atoms with Crippen LogP contribution in [0, 0.1) is 0 Å². The molecule has 0 spiro atoms. The number of pyridine rings is 2. The third-order valence-electron chi connectivity index (χ3n) is 5.88. The van der Waals surface area contributed by atoms with Gasteiger partial charge >= 0.3 is 0 Å². The topological polar surface area (TPSA) is 70.4 Å². The maximum Gasteiger partial charge on any atom is 0.230 e. The van der Waals surface area contributed by atoms with Crippen LogP contribution < -0.4 is 15.5 Å². The van der Waals surface area contributed by atoms with Gasteiger partial charge < -0.3 is 15.5 Å². The highest BCUT2D eigenvalue weighted by Gasteiger charge is 2.21. The minimum atomic E-state index is 0.407. The van der Waals surface area contributed by atoms with E-state index in [0.29, 0.717) is 23.9 Å². The van der Waals surface area contributed by atoms with Gasteiger partial charge in [0.1, 0.15) is 11.5 Å². The highest BCUT2D eigenvalue weighted by atomic mass is 15.2. The summed E-state index contributed by atoms with van der Waals surface area (Å²) in [4.78, 5) is 16.3. The van der Waals surface area contributed by atoms with Gasteiger partial charge in [0, 0.05) is 48.0 Å². The molecule has 2 atom stereocenters. The van der Waals surface area contributed by atoms with Crippen molar-refractivity contribution >= 4 is 34.0 Å². The van der Waals surface area contributed by atoms with Gasteiger partial charge in [0.25, 0.3) is 0 Å². The van der Waals surface area contributed by atoms with Gasteiger partial charge in [-0.3, -0.25) is 4.40 Å². The Labute approximate surface area is 182 Å². The third-order valence-corrected chi connectivity index (χ3v) is 5.88. The van der Waals surface area contributed by atoms with Crippen molar-refractivity contribution in [3.63, 3.8) is 0 Å². The standard InChI is InChI=1S/C24H29N7/c1-15(2)21-9-7-19-6-5-18-11-26-24(29-23(18)31(19)21)28-22-10-8-20(12-25-22)30-13-16(3)27-17(4)14-30/h5-12,15-17,27H,13-14H2,1-4H3,(H,25,26,28,29)/t16-,17+. The van der Waals surface area contributed by atoms with E-state index >= 15 is 0 Å². The van der Waals surface area contributed by atoms with E-state index in [1.165, 1.54) is 5.69 Å². The molecule has 31 heavy (non-hydrogen) atoms. The second-order valence-corrected chi connectivity index (χ2v) is 8.88. The summed E-state index contributed by atoms with van der Waals surface area (Å²) in [6, 6.07) is 13.5. The van der Waals surface area contributed by atoms with E-state index in [1.54, 1.807) is 0 Å². The first-order valence-electron chi connectivity index (χ1n) is 11.0. The predicted octanol–water partition coefficient (Wildman–Crippen LogP) is 4.33. The van der Waals surface area contributed by atoms with E-state index in [1.807, 2.05) is 18.5 Å². The number of piperazine rings is 1. The van der Waals surface area contributed by atoms with E-state index in [4.69, 9.17) is 4.98 Å². The molecular formula is C24H29N7. The number of hydrogen-bond acceptors (Lipinski definition) is 6. The predicted molar refractivity (Wildman–Crippen MR) is 126 cm³/mol. The molecule has 1 saturated heterocycles. The van der Waals surface area contributed by atoms with Gasteiger partial charge in [0.15, 0.2) is 0 Å². The fourth-order valence-electron chi connectivity index (χ4n) is 4.51. The number of anilines is 3. The fourth-order valence-corrected chi connectivity index (χ4v) is 4.51. The van der Waals surface area contributed by atoms with Crippen LogP contribution in [0.3, 0.4) is 0 Å². The lowest BCUT2D eigenvalue weighted by Gasteiger charge is -2.37. The quantitative estimate of drug-likeness (QED) is 0.517. The summed E-state index contributed by atoms with van der Waals surface area (Å²) in [5.74, 6) is 1.69. The van der Waals surface area contributed by atoms with Crippen LogP contribution in [0.25, 0.3) is 16.6 Å². The summed E-state index contributed by atoms with van der Waals surface area (Å²) in [6.07, 6.45) is 3.79. The molecule has 0 radical (unpaired) electrons. The molecule has 5 rings (SSSR count). The Hall–Kier alpha value is -3.19. The monoisotopic (exact) mass is 415 g/mol. The van der Waals surface area contributed by atoms with E-state index in [2.05, 4.69) is 87.9 Å². The molecule has 5 heterocycles. The van der Waals surface area contributed by atoms with Crippen LogP contribution in [0.5, 0.6) is 0 Å². The Kier molecular flexibility index (Phi) is 4.98. The molecule has 0 aromatic carbocycles. The van der Waals surface area contributed by atoms with Crippen molar-refractivity contribution in [2.45, 2.75) is 45.7 Å². The first-order chi connectivity index (χ1) is 15.0. The van der Waals surface area contributed by atoms with Crippen LogP contribution in [0.1, 0.15) is 39.3 Å². The lowest BCUT2D eigenvalue weighted by molar-refractivity contribution is 0.407. The molecule has 4 aromatic heterocycles. The molecule has 1 fully saturated rings. The molecule has 160 valence electrons. The number of nitrogens with one attached hydrogen (secondary N) is 2. The number of hydrogen-bond donors (Lipinski definition) is 2. The van der Waals surface area contributed by atoms with Crippen LogP contribution in [0.15, 0.2) is 48.8 Å². The fraction of sp³-hybridized carbons (Fsp3) is 0.375. The Morgan fingerprint density at radius 1 is 0.968 bits per heavy atom. The van der Waals surface area contributed by atoms with E-state index in [0.717, 1.165) is 41.1 Å². The Bertz CT molecular complexity index is 1200. The van der Waals surface area contributed by atoms with Crippen molar-refractivity contribution in [3.05, 3.63) is 54.5 Å². The zero-order valence-electron chi connectivity index (χ0n) is 18.5. The first kappa shape index (κ1) is 19.8. The van der Waals surface area contributed by atoms with Gasteiger partial charge in [-0.25, -0.2) is 9.97 Å². The molecule has 0 unspecified atom stereocenters. The minimum absolute atomic E-state index is 0.407. The number of nitrogens with zero attached hydrogens (tertiary/aromatic N) is 5. The van der Waals surface area contributed by atoms with Gasteiger partial charge in [-0.05, 0) is 56.2 Å². The molecule has 0 saturated carbocycles. The van der Waals surface area contributed by atoms with Gasteiger partial charge in [-0.2, -0.15) is 4.98 Å². The summed E-state index contributed by atoms with van der Waals surface area (Å²) in [5, 5.41) is 7.85. The molecule has 0 aliphatic carbocycles. The van der Waals surface area contributed by atoms with Gasteiger partial charge in [0.2, 0.25) is 5.95 Å². The van der Waals surface area contributed by atoms with Crippen LogP contribution in [-0.2, 0) is 0 Å². The third kappa shape index (κ3) is 3.81. The second kappa shape index (κ2) is 7.81. The van der Waals surface area contributed by atoms with Crippen molar-refractivity contribution in [1.29, 1.82) is 0 Å². The maximum absolute atomic E-state index is 4.83. The molecule has 1 aliphatic heterocycles. The summed E-state index contributed by atoms with van der Waals surface area (Å²) >= 11 is 0. The zero-order valence-corrected chi connectivity index (χ0v) is 18.5. The lowest BCUT2D eigenvalue weighted by Crippen LogP contribution is -2.54. The SMILES string of the molecule is CC(C)c1ccc2ccc3cnc(Nc4ccc(N5C[C@@H](C)N[C@@H](C)C5)cn4)nc3n12. The average molecular weight is 416 g/mol. The minimum Gasteiger partial charge on any atom is -0.367 e. The van der Waals surface area contributed by atoms with Crippen molar-refractivity contribution in [2.24, 2.45) is 0 Å². The number of fused-ring (bicyclic) bond motifs is 3. The normalized spacial score (nSPS) is 19.5. The maximum atomic E-state index is 4.83. The lowest BCUT2D eigenvalue weighted by atomic mass is 10.1. The highest BCUT2D eigenvalue weighted by molar-refractivity contribution is 5.80. The molecule has 2 N–H and O–H groups in total. The zero-order chi connectivity index (χ0) is 21.5. The molecule has 0 bridgehead atoms. The summed E-state index contributed by atoms with van der Waals surface area (Å²) in [7, 11) is 0. The first-order valence-corrected chi connectivity index (χ1v) is 11.0. The summed E-state index contributed by atoms with van der Waals surface area (Å²) < 4.78 is 2.22. The molecule has 0 amide bonds. The number of rotatable bonds is 4. The van der Waals surface area contributed by atoms with Crippen LogP contribution in [0.2, 0.25) is 0 Å². The molecule has 1 aliphatic rings. The van der Waals surface area contributed by atoms with Crippen molar-refractivity contribution < 1.29 is 0 Å². The number of aromatic nitrogens is 4. The highest BCUT2D eigenvalue weighted by Crippen LogP contribution is 2.25. The molecule has 7 heteroatoms. The Balaban J connectivity index is 1.42. The van der Waals surface area contributed by atoms with Gasteiger partial charge in [-0.15, -0.1) is 0 Å². The molecule has 7 nitrogen and oxygen atoms in total. The van der Waals surface area contributed by atoms with Crippen LogP contribution >= 0.6 is 0 Å². The van der Waals surface area contributed by atoms with E-state index < -0.39 is 0 Å².